The van der Waals surface area contributed by atoms with Crippen molar-refractivity contribution in [2.75, 3.05) is 4.90 Å². The summed E-state index contributed by atoms with van der Waals surface area (Å²) in [6, 6.07) is 77.3. The standard InChI is InChI=1S/C52H35N/c1-2-16-37(17-3-1)42-27-12-21-39-22-13-30-48(52(39)42)47-26-9-11-32-51(47)53(49-33-14-20-36-18-5-7-24-41(36)49)50-31-10-8-25-46(50)44-29-15-28-43-40-23-6-4-19-38(40)34-35-45(43)44/h1-35H. The predicted octanol–water partition coefficient (Wildman–Crippen LogP) is 14.8. The van der Waals surface area contributed by atoms with Crippen LogP contribution in [0.3, 0.4) is 0 Å². The molecule has 0 heterocycles. The first-order valence-electron chi connectivity index (χ1n) is 18.3. The molecule has 0 aliphatic carbocycles. The van der Waals surface area contributed by atoms with Crippen LogP contribution in [0.2, 0.25) is 0 Å². The minimum Gasteiger partial charge on any atom is -0.309 e. The number of hydrogen-bond acceptors (Lipinski definition) is 1. The summed E-state index contributed by atoms with van der Waals surface area (Å²) >= 11 is 0. The van der Waals surface area contributed by atoms with E-state index in [1.165, 1.54) is 76.5 Å². The van der Waals surface area contributed by atoms with E-state index in [-0.39, 0.29) is 0 Å². The van der Waals surface area contributed by atoms with Gasteiger partial charge in [0.15, 0.2) is 0 Å². The summed E-state index contributed by atoms with van der Waals surface area (Å²) < 4.78 is 0. The van der Waals surface area contributed by atoms with Crippen LogP contribution in [-0.4, -0.2) is 0 Å². The highest BCUT2D eigenvalue weighted by molar-refractivity contribution is 6.14. The molecule has 0 fully saturated rings. The van der Waals surface area contributed by atoms with Crippen molar-refractivity contribution in [1.29, 1.82) is 0 Å². The van der Waals surface area contributed by atoms with E-state index >= 15 is 0 Å². The van der Waals surface area contributed by atoms with Crippen molar-refractivity contribution in [2.45, 2.75) is 0 Å². The zero-order chi connectivity index (χ0) is 35.1. The van der Waals surface area contributed by atoms with E-state index in [0.717, 1.165) is 17.1 Å². The van der Waals surface area contributed by atoms with E-state index in [0.29, 0.717) is 0 Å². The summed E-state index contributed by atoms with van der Waals surface area (Å²) in [6.45, 7) is 0. The molecule has 0 aliphatic rings. The van der Waals surface area contributed by atoms with Gasteiger partial charge in [0.25, 0.3) is 0 Å². The Balaban J connectivity index is 1.28. The molecule has 10 aromatic carbocycles. The molecule has 53 heavy (non-hydrogen) atoms. The monoisotopic (exact) mass is 673 g/mol. The molecular formula is C52H35N. The highest BCUT2D eigenvalue weighted by Crippen LogP contribution is 2.49. The maximum Gasteiger partial charge on any atom is 0.0540 e. The average molecular weight is 674 g/mol. The Bertz CT molecular complexity index is 2950. The smallest absolute Gasteiger partial charge is 0.0540 e. The van der Waals surface area contributed by atoms with Gasteiger partial charge in [-0.05, 0) is 78.2 Å². The van der Waals surface area contributed by atoms with Gasteiger partial charge in [-0.25, -0.2) is 0 Å². The van der Waals surface area contributed by atoms with Gasteiger partial charge < -0.3 is 4.90 Å². The first-order valence-corrected chi connectivity index (χ1v) is 18.3. The summed E-state index contributed by atoms with van der Waals surface area (Å²) in [5, 5.41) is 9.90. The lowest BCUT2D eigenvalue weighted by molar-refractivity contribution is 1.30. The number of para-hydroxylation sites is 2. The lowest BCUT2D eigenvalue weighted by atomic mass is 9.90. The lowest BCUT2D eigenvalue weighted by Crippen LogP contribution is -2.13. The quantitative estimate of drug-likeness (QED) is 0.159. The van der Waals surface area contributed by atoms with E-state index in [9.17, 15) is 0 Å². The molecule has 0 radical (unpaired) electrons. The molecule has 0 aromatic heterocycles. The van der Waals surface area contributed by atoms with Gasteiger partial charge in [0.1, 0.15) is 0 Å². The second-order valence-corrected chi connectivity index (χ2v) is 13.6. The molecule has 0 aliphatic heterocycles. The highest BCUT2D eigenvalue weighted by atomic mass is 15.1. The zero-order valence-corrected chi connectivity index (χ0v) is 29.2. The maximum absolute atomic E-state index is 2.50. The third kappa shape index (κ3) is 5.25. The van der Waals surface area contributed by atoms with Gasteiger partial charge >= 0.3 is 0 Å². The Morgan fingerprint density at radius 3 is 1.47 bits per heavy atom. The van der Waals surface area contributed by atoms with Crippen LogP contribution in [0.5, 0.6) is 0 Å². The summed E-state index contributed by atoms with van der Waals surface area (Å²) in [4.78, 5) is 2.50. The molecule has 0 bridgehead atoms. The minimum absolute atomic E-state index is 1.12. The maximum atomic E-state index is 2.50. The molecule has 1 nitrogen and oxygen atoms in total. The second-order valence-electron chi connectivity index (χ2n) is 13.6. The van der Waals surface area contributed by atoms with Gasteiger partial charge in [0.2, 0.25) is 0 Å². The largest absolute Gasteiger partial charge is 0.309 e. The summed E-state index contributed by atoms with van der Waals surface area (Å²) in [6.07, 6.45) is 0. The van der Waals surface area contributed by atoms with Crippen LogP contribution in [0.15, 0.2) is 212 Å². The number of benzene rings is 10. The van der Waals surface area contributed by atoms with Crippen molar-refractivity contribution in [3.63, 3.8) is 0 Å². The minimum atomic E-state index is 1.12. The topological polar surface area (TPSA) is 3.24 Å². The Morgan fingerprint density at radius 2 is 0.698 bits per heavy atom. The van der Waals surface area contributed by atoms with Crippen LogP contribution in [0.4, 0.5) is 17.1 Å². The number of anilines is 3. The highest BCUT2D eigenvalue weighted by Gasteiger charge is 2.23. The molecule has 0 spiro atoms. The van der Waals surface area contributed by atoms with Gasteiger partial charge in [-0.15, -0.1) is 0 Å². The van der Waals surface area contributed by atoms with Crippen LogP contribution >= 0.6 is 0 Å². The Hall–Kier alpha value is -6.96. The number of hydrogen-bond donors (Lipinski definition) is 0. The molecule has 0 unspecified atom stereocenters. The lowest BCUT2D eigenvalue weighted by Gasteiger charge is -2.31. The van der Waals surface area contributed by atoms with Gasteiger partial charge in [-0.1, -0.05) is 194 Å². The summed E-state index contributed by atoms with van der Waals surface area (Å²) in [5.74, 6) is 0. The Kier molecular flexibility index (Phi) is 7.55. The fourth-order valence-electron chi connectivity index (χ4n) is 8.28. The van der Waals surface area contributed by atoms with E-state index < -0.39 is 0 Å². The Morgan fingerprint density at radius 1 is 0.226 bits per heavy atom. The fourth-order valence-corrected chi connectivity index (χ4v) is 8.28. The van der Waals surface area contributed by atoms with E-state index in [4.69, 9.17) is 0 Å². The summed E-state index contributed by atoms with van der Waals surface area (Å²) in [5.41, 5.74) is 10.6. The third-order valence-electron chi connectivity index (χ3n) is 10.7. The molecule has 0 amide bonds. The van der Waals surface area contributed by atoms with Gasteiger partial charge in [0, 0.05) is 16.5 Å². The SMILES string of the molecule is c1ccc(-c2cccc3cccc(-c4ccccc4N(c4ccccc4-c4cccc5c4ccc4ccccc45)c4cccc5ccccc45)c23)cc1. The third-order valence-corrected chi connectivity index (χ3v) is 10.7. The number of rotatable bonds is 6. The van der Waals surface area contributed by atoms with Crippen molar-refractivity contribution < 1.29 is 0 Å². The average Bonchev–Trinajstić information content (AvgIpc) is 3.24. The number of nitrogens with zero attached hydrogens (tertiary/aromatic N) is 1. The fraction of sp³-hybridized carbons (Fsp3) is 0. The van der Waals surface area contributed by atoms with Crippen molar-refractivity contribution in [1.82, 2.24) is 0 Å². The predicted molar refractivity (Wildman–Crippen MR) is 227 cm³/mol. The molecule has 10 aromatic rings. The molecule has 0 saturated heterocycles. The van der Waals surface area contributed by atoms with Crippen molar-refractivity contribution in [3.05, 3.63) is 212 Å². The van der Waals surface area contributed by atoms with Crippen LogP contribution in [0.1, 0.15) is 0 Å². The molecule has 10 rings (SSSR count). The molecule has 0 saturated carbocycles. The van der Waals surface area contributed by atoms with Crippen molar-refractivity contribution >= 4 is 60.2 Å². The number of fused-ring (bicyclic) bond motifs is 5. The Labute approximate surface area is 309 Å². The first kappa shape index (κ1) is 30.8. The second kappa shape index (κ2) is 13.0. The van der Waals surface area contributed by atoms with Gasteiger partial charge in [-0.2, -0.15) is 0 Å². The van der Waals surface area contributed by atoms with Gasteiger partial charge in [0.05, 0.1) is 17.1 Å². The van der Waals surface area contributed by atoms with Crippen LogP contribution < -0.4 is 4.90 Å². The molecular weight excluding hydrogens is 639 g/mol. The zero-order valence-electron chi connectivity index (χ0n) is 29.2. The molecule has 0 atom stereocenters. The van der Waals surface area contributed by atoms with E-state index in [1.807, 2.05) is 0 Å². The van der Waals surface area contributed by atoms with Gasteiger partial charge in [-0.3, -0.25) is 0 Å². The molecule has 0 N–H and O–H groups in total. The first-order chi connectivity index (χ1) is 26.3. The molecule has 1 heteroatoms. The van der Waals surface area contributed by atoms with Crippen molar-refractivity contribution in [2.24, 2.45) is 0 Å². The van der Waals surface area contributed by atoms with Crippen LogP contribution in [-0.2, 0) is 0 Å². The molecule has 248 valence electrons. The summed E-state index contributed by atoms with van der Waals surface area (Å²) in [7, 11) is 0. The normalized spacial score (nSPS) is 11.4. The van der Waals surface area contributed by atoms with Crippen molar-refractivity contribution in [3.8, 4) is 33.4 Å². The van der Waals surface area contributed by atoms with Crippen LogP contribution in [0, 0.1) is 0 Å². The van der Waals surface area contributed by atoms with E-state index in [2.05, 4.69) is 217 Å². The van der Waals surface area contributed by atoms with Crippen LogP contribution in [0.25, 0.3) is 76.5 Å². The van der Waals surface area contributed by atoms with E-state index in [1.54, 1.807) is 0 Å².